The quantitative estimate of drug-likeness (QED) is 0.742. The maximum atomic E-state index is 12.9. The Hall–Kier alpha value is -1.96. The van der Waals surface area contributed by atoms with Crippen LogP contribution in [0.1, 0.15) is 67.2 Å². The van der Waals surface area contributed by atoms with Gasteiger partial charge in [-0.2, -0.15) is 13.5 Å². The second-order valence-electron chi connectivity index (χ2n) is 6.84. The van der Waals surface area contributed by atoms with Crippen LogP contribution in [0.3, 0.4) is 0 Å². The zero-order valence-corrected chi connectivity index (χ0v) is 16.5. The Labute approximate surface area is 159 Å². The van der Waals surface area contributed by atoms with E-state index in [1.807, 2.05) is 19.1 Å². The van der Waals surface area contributed by atoms with Crippen LogP contribution in [0.25, 0.3) is 10.8 Å². The van der Waals surface area contributed by atoms with E-state index in [2.05, 4.69) is 6.92 Å². The lowest BCUT2D eigenvalue weighted by molar-refractivity contribution is -0.135. The Morgan fingerprint density at radius 3 is 2.56 bits per heavy atom. The number of aliphatic hydroxyl groups excluding tert-OH is 1. The Morgan fingerprint density at radius 2 is 1.85 bits per heavy atom. The van der Waals surface area contributed by atoms with Gasteiger partial charge in [0.1, 0.15) is 0 Å². The van der Waals surface area contributed by atoms with E-state index in [-0.39, 0.29) is 5.75 Å². The van der Waals surface area contributed by atoms with E-state index in [9.17, 15) is 18.3 Å². The van der Waals surface area contributed by atoms with Crippen LogP contribution in [0.4, 0.5) is 0 Å². The number of hydrogen-bond donors (Lipinski definition) is 1. The molecule has 1 heterocycles. The Bertz CT molecular complexity index is 954. The van der Waals surface area contributed by atoms with Crippen LogP contribution >= 0.6 is 0 Å². The number of nitrogens with zero attached hydrogens (tertiary/aromatic N) is 1. The number of aryl methyl sites for hydroxylation is 1. The molecule has 2 aromatic carbocycles. The number of hydrogen-bond acceptors (Lipinski definition) is 5. The van der Waals surface area contributed by atoms with Crippen molar-refractivity contribution in [1.29, 1.82) is 0 Å². The highest BCUT2D eigenvalue weighted by molar-refractivity contribution is 7.86. The Kier molecular flexibility index (Phi) is 5.83. The second kappa shape index (κ2) is 7.96. The van der Waals surface area contributed by atoms with Gasteiger partial charge in [0.05, 0.1) is 11.3 Å². The van der Waals surface area contributed by atoms with Gasteiger partial charge in [0.15, 0.2) is 6.23 Å². The van der Waals surface area contributed by atoms with Crippen molar-refractivity contribution >= 4 is 26.8 Å². The summed E-state index contributed by atoms with van der Waals surface area (Å²) in [5.74, 6) is -0.846. The third kappa shape index (κ3) is 3.85. The highest BCUT2D eigenvalue weighted by Crippen LogP contribution is 2.38. The first kappa shape index (κ1) is 19.8. The van der Waals surface area contributed by atoms with E-state index in [0.29, 0.717) is 34.4 Å². The van der Waals surface area contributed by atoms with Crippen LogP contribution in [-0.2, 0) is 20.8 Å². The summed E-state index contributed by atoms with van der Waals surface area (Å²) in [5, 5.41) is 12.8. The van der Waals surface area contributed by atoms with Gasteiger partial charge >= 0.3 is 0 Å². The van der Waals surface area contributed by atoms with Gasteiger partial charge in [0, 0.05) is 10.9 Å². The predicted octanol–water partition coefficient (Wildman–Crippen LogP) is 3.69. The molecule has 7 heteroatoms. The van der Waals surface area contributed by atoms with Crippen molar-refractivity contribution in [3.8, 4) is 0 Å². The van der Waals surface area contributed by atoms with Crippen molar-refractivity contribution < 1.29 is 22.6 Å². The molecule has 27 heavy (non-hydrogen) atoms. The number of hydroxylamine groups is 2. The fourth-order valence-corrected chi connectivity index (χ4v) is 4.50. The summed E-state index contributed by atoms with van der Waals surface area (Å²) in [6.07, 6.45) is 2.61. The van der Waals surface area contributed by atoms with Crippen LogP contribution < -0.4 is 0 Å². The summed E-state index contributed by atoms with van der Waals surface area (Å²) >= 11 is 0. The first-order valence-electron chi connectivity index (χ1n) is 9.38. The third-order valence-corrected chi connectivity index (χ3v) is 6.01. The highest BCUT2D eigenvalue weighted by Gasteiger charge is 2.37. The molecular weight excluding hydrogens is 366 g/mol. The van der Waals surface area contributed by atoms with Crippen molar-refractivity contribution in [3.05, 3.63) is 47.0 Å². The monoisotopic (exact) mass is 391 g/mol. The molecule has 146 valence electrons. The average Bonchev–Trinajstić information content (AvgIpc) is 2.66. The van der Waals surface area contributed by atoms with Gasteiger partial charge in [0.25, 0.3) is 16.0 Å². The maximum absolute atomic E-state index is 12.9. The molecule has 0 aromatic heterocycles. The average molecular weight is 391 g/mol. The van der Waals surface area contributed by atoms with E-state index in [1.165, 1.54) is 0 Å². The molecule has 1 amide bonds. The Balaban J connectivity index is 2.02. The van der Waals surface area contributed by atoms with Crippen molar-refractivity contribution in [1.82, 2.24) is 5.06 Å². The summed E-state index contributed by atoms with van der Waals surface area (Å²) in [7, 11) is -3.96. The first-order chi connectivity index (χ1) is 12.9. The molecular formula is C20H25NO5S. The maximum Gasteiger partial charge on any atom is 0.288 e. The van der Waals surface area contributed by atoms with Crippen molar-refractivity contribution in [2.75, 3.05) is 5.75 Å². The van der Waals surface area contributed by atoms with Gasteiger partial charge in [-0.15, -0.1) is 4.28 Å². The molecule has 1 aliphatic heterocycles. The van der Waals surface area contributed by atoms with Gasteiger partial charge in [-0.3, -0.25) is 4.79 Å². The number of benzene rings is 2. The minimum absolute atomic E-state index is 0.201. The molecule has 1 aliphatic rings. The van der Waals surface area contributed by atoms with Crippen molar-refractivity contribution in [2.24, 2.45) is 0 Å². The Morgan fingerprint density at radius 1 is 1.11 bits per heavy atom. The molecule has 2 aromatic rings. The fraction of sp³-hybridized carbons (Fsp3) is 0.450. The van der Waals surface area contributed by atoms with Crippen LogP contribution in [0.2, 0.25) is 0 Å². The molecule has 0 aliphatic carbocycles. The van der Waals surface area contributed by atoms with E-state index in [1.54, 1.807) is 18.2 Å². The molecule has 1 unspecified atom stereocenters. The normalized spacial score (nSPS) is 16.9. The summed E-state index contributed by atoms with van der Waals surface area (Å²) in [6, 6.07) is 9.03. The molecule has 6 nitrogen and oxygen atoms in total. The molecule has 0 spiro atoms. The zero-order chi connectivity index (χ0) is 19.6. The first-order valence-corrected chi connectivity index (χ1v) is 11.0. The molecule has 0 fully saturated rings. The van der Waals surface area contributed by atoms with E-state index in [4.69, 9.17) is 4.28 Å². The number of unbranched alkanes of at least 4 members (excludes halogenated alkanes) is 2. The van der Waals surface area contributed by atoms with Crippen molar-refractivity contribution in [2.45, 2.75) is 52.2 Å². The molecule has 0 radical (unpaired) electrons. The lowest BCUT2D eigenvalue weighted by Gasteiger charge is -2.32. The largest absolute Gasteiger partial charge is 0.367 e. The minimum atomic E-state index is -3.96. The smallest absolute Gasteiger partial charge is 0.288 e. The topological polar surface area (TPSA) is 83.9 Å². The minimum Gasteiger partial charge on any atom is -0.367 e. The zero-order valence-electron chi connectivity index (χ0n) is 15.6. The summed E-state index contributed by atoms with van der Waals surface area (Å²) < 4.78 is 29.3. The summed E-state index contributed by atoms with van der Waals surface area (Å²) in [5.41, 5.74) is 1.94. The van der Waals surface area contributed by atoms with E-state index < -0.39 is 22.3 Å². The van der Waals surface area contributed by atoms with E-state index in [0.717, 1.165) is 30.2 Å². The molecule has 3 rings (SSSR count). The van der Waals surface area contributed by atoms with Gasteiger partial charge in [0.2, 0.25) is 0 Å². The van der Waals surface area contributed by atoms with Crippen LogP contribution in [0, 0.1) is 0 Å². The summed E-state index contributed by atoms with van der Waals surface area (Å²) in [6.45, 7) is 3.98. The molecule has 0 bridgehead atoms. The van der Waals surface area contributed by atoms with Gasteiger partial charge in [-0.05, 0) is 36.3 Å². The number of carbonyl (C=O) groups is 1. The standard InChI is InChI=1S/C20H25NO5S/c1-3-5-8-14-11-12-17-18-15(14)9-7-10-16(18)19(22)21(20(17)23)26-27(24,25)13-6-4-2/h7,9-12,20,23H,3-6,8,13H2,1-2H3. The fourth-order valence-electron chi connectivity index (χ4n) is 3.38. The SMILES string of the molecule is CCCCc1ccc2c3c(cccc13)C(=O)N(OS(=O)(=O)CCCC)C2O. The highest BCUT2D eigenvalue weighted by atomic mass is 32.2. The summed E-state index contributed by atoms with van der Waals surface area (Å²) in [4.78, 5) is 12.9. The van der Waals surface area contributed by atoms with Crippen LogP contribution in [0.15, 0.2) is 30.3 Å². The molecule has 0 saturated heterocycles. The van der Waals surface area contributed by atoms with E-state index >= 15 is 0 Å². The van der Waals surface area contributed by atoms with Crippen LogP contribution in [0.5, 0.6) is 0 Å². The van der Waals surface area contributed by atoms with Gasteiger partial charge in [-0.25, -0.2) is 0 Å². The van der Waals surface area contributed by atoms with Gasteiger partial charge < -0.3 is 5.11 Å². The lowest BCUT2D eigenvalue weighted by atomic mass is 9.90. The predicted molar refractivity (Wildman–Crippen MR) is 103 cm³/mol. The number of aliphatic hydroxyl groups is 1. The molecule has 1 atom stereocenters. The van der Waals surface area contributed by atoms with Crippen molar-refractivity contribution in [3.63, 3.8) is 0 Å². The number of amides is 1. The second-order valence-corrected chi connectivity index (χ2v) is 8.51. The number of carbonyl (C=O) groups excluding carboxylic acids is 1. The number of rotatable bonds is 8. The molecule has 0 saturated carbocycles. The third-order valence-electron chi connectivity index (χ3n) is 4.84. The molecule has 1 N–H and O–H groups in total. The van der Waals surface area contributed by atoms with Gasteiger partial charge in [-0.1, -0.05) is 51.0 Å². The lowest BCUT2D eigenvalue weighted by Crippen LogP contribution is -2.40. The van der Waals surface area contributed by atoms with Crippen LogP contribution in [-0.4, -0.2) is 30.2 Å².